The van der Waals surface area contributed by atoms with Gasteiger partial charge in [-0.3, -0.25) is 14.5 Å². The molecule has 0 saturated heterocycles. The number of hydrogen-bond donors (Lipinski definition) is 0. The number of imide groups is 1. The van der Waals surface area contributed by atoms with Crippen LogP contribution < -0.4 is 0 Å². The molecular formula is C26H29F3N2O2. The van der Waals surface area contributed by atoms with Crippen molar-refractivity contribution in [3.05, 3.63) is 65.0 Å². The predicted molar refractivity (Wildman–Crippen MR) is 119 cm³/mol. The van der Waals surface area contributed by atoms with Gasteiger partial charge in [0.15, 0.2) is 0 Å². The lowest BCUT2D eigenvalue weighted by atomic mass is 9.78. The standard InChI is InChI=1S/C26H29F3N2O2/c27-26(28,29)23-12-7-11-22(30-23)19-15-13-18(14-16-19)8-3-1-2-6-17-31-24(32)20-9-4-5-10-21(20)25(31)33/h4-5,7,9-12,18-19H,1-3,6,8,13-17H2. The molecule has 2 aliphatic rings. The zero-order chi connectivity index (χ0) is 23.4. The average molecular weight is 459 g/mol. The Balaban J connectivity index is 1.13. The maximum atomic E-state index is 12.9. The molecule has 0 spiro atoms. The van der Waals surface area contributed by atoms with Gasteiger partial charge in [0.05, 0.1) is 11.1 Å². The van der Waals surface area contributed by atoms with E-state index in [1.165, 1.54) is 11.0 Å². The number of unbranched alkanes of at least 4 members (excludes halogenated alkanes) is 3. The lowest BCUT2D eigenvalue weighted by Crippen LogP contribution is -2.30. The number of benzene rings is 1. The van der Waals surface area contributed by atoms with E-state index in [-0.39, 0.29) is 17.7 Å². The molecule has 1 aliphatic carbocycles. The van der Waals surface area contributed by atoms with E-state index in [2.05, 4.69) is 4.98 Å². The van der Waals surface area contributed by atoms with Crippen molar-refractivity contribution in [3.63, 3.8) is 0 Å². The molecule has 4 nitrogen and oxygen atoms in total. The number of fused-ring (bicyclic) bond motifs is 1. The van der Waals surface area contributed by atoms with Crippen LogP contribution in [0.4, 0.5) is 13.2 Å². The summed E-state index contributed by atoms with van der Waals surface area (Å²) in [6.45, 7) is 0.460. The number of halogens is 3. The van der Waals surface area contributed by atoms with Crippen LogP contribution in [0.2, 0.25) is 0 Å². The van der Waals surface area contributed by atoms with Crippen LogP contribution in [-0.4, -0.2) is 28.2 Å². The smallest absolute Gasteiger partial charge is 0.274 e. The van der Waals surface area contributed by atoms with Crippen LogP contribution in [0.15, 0.2) is 42.5 Å². The Kier molecular flexibility index (Phi) is 7.15. The fourth-order valence-electron chi connectivity index (χ4n) is 5.08. The molecular weight excluding hydrogens is 429 g/mol. The van der Waals surface area contributed by atoms with E-state index in [1.807, 2.05) is 0 Å². The molecule has 0 unspecified atom stereocenters. The molecule has 1 aromatic heterocycles. The van der Waals surface area contributed by atoms with Crippen LogP contribution in [0.5, 0.6) is 0 Å². The zero-order valence-electron chi connectivity index (χ0n) is 18.6. The molecule has 2 aromatic rings. The highest BCUT2D eigenvalue weighted by molar-refractivity contribution is 6.21. The van der Waals surface area contributed by atoms with Crippen molar-refractivity contribution in [2.24, 2.45) is 5.92 Å². The number of hydrogen-bond acceptors (Lipinski definition) is 3. The van der Waals surface area contributed by atoms with Gasteiger partial charge in [-0.15, -0.1) is 0 Å². The van der Waals surface area contributed by atoms with Crippen molar-refractivity contribution in [2.75, 3.05) is 6.54 Å². The summed E-state index contributed by atoms with van der Waals surface area (Å²) in [4.78, 5) is 30.0. The number of pyridine rings is 1. The van der Waals surface area contributed by atoms with Crippen molar-refractivity contribution < 1.29 is 22.8 Å². The van der Waals surface area contributed by atoms with E-state index in [9.17, 15) is 22.8 Å². The summed E-state index contributed by atoms with van der Waals surface area (Å²) in [6, 6.07) is 11.2. The van der Waals surface area contributed by atoms with Crippen molar-refractivity contribution in [2.45, 2.75) is 69.9 Å². The van der Waals surface area contributed by atoms with Gasteiger partial charge < -0.3 is 0 Å². The fourth-order valence-corrected chi connectivity index (χ4v) is 5.08. The van der Waals surface area contributed by atoms with E-state index < -0.39 is 11.9 Å². The number of aromatic nitrogens is 1. The minimum atomic E-state index is -4.40. The van der Waals surface area contributed by atoms with E-state index in [4.69, 9.17) is 0 Å². The molecule has 7 heteroatoms. The summed E-state index contributed by atoms with van der Waals surface area (Å²) in [5.74, 6) is 0.344. The van der Waals surface area contributed by atoms with Gasteiger partial charge in [0, 0.05) is 18.2 Å². The highest BCUT2D eigenvalue weighted by Crippen LogP contribution is 2.38. The minimum Gasteiger partial charge on any atom is -0.274 e. The average Bonchev–Trinajstić information content (AvgIpc) is 3.06. The Labute approximate surface area is 192 Å². The molecule has 1 saturated carbocycles. The Bertz CT molecular complexity index is 962. The van der Waals surface area contributed by atoms with E-state index in [0.717, 1.165) is 63.9 Å². The maximum absolute atomic E-state index is 12.9. The van der Waals surface area contributed by atoms with Crippen LogP contribution in [0, 0.1) is 5.92 Å². The van der Waals surface area contributed by atoms with Crippen molar-refractivity contribution in [1.29, 1.82) is 0 Å². The molecule has 1 aliphatic heterocycles. The number of amides is 2. The van der Waals surface area contributed by atoms with Crippen LogP contribution >= 0.6 is 0 Å². The second kappa shape index (κ2) is 10.1. The van der Waals surface area contributed by atoms with E-state index in [0.29, 0.717) is 29.3 Å². The highest BCUT2D eigenvalue weighted by Gasteiger charge is 2.35. The molecule has 0 atom stereocenters. The molecule has 0 bridgehead atoms. The maximum Gasteiger partial charge on any atom is 0.433 e. The quantitative estimate of drug-likeness (QED) is 0.330. The molecule has 1 fully saturated rings. The Morgan fingerprint density at radius 3 is 2.09 bits per heavy atom. The molecule has 176 valence electrons. The van der Waals surface area contributed by atoms with Crippen LogP contribution in [0.3, 0.4) is 0 Å². The van der Waals surface area contributed by atoms with E-state index in [1.54, 1.807) is 30.3 Å². The Morgan fingerprint density at radius 1 is 0.818 bits per heavy atom. The first-order chi connectivity index (χ1) is 15.8. The Hall–Kier alpha value is -2.70. The van der Waals surface area contributed by atoms with Crippen LogP contribution in [-0.2, 0) is 6.18 Å². The highest BCUT2D eigenvalue weighted by atomic mass is 19.4. The first-order valence-electron chi connectivity index (χ1n) is 11.8. The monoisotopic (exact) mass is 458 g/mol. The number of nitrogens with zero attached hydrogens (tertiary/aromatic N) is 2. The molecule has 0 N–H and O–H groups in total. The first-order valence-corrected chi connectivity index (χ1v) is 11.8. The van der Waals surface area contributed by atoms with Gasteiger partial charge >= 0.3 is 6.18 Å². The van der Waals surface area contributed by atoms with Crippen LogP contribution in [0.25, 0.3) is 0 Å². The topological polar surface area (TPSA) is 50.3 Å². The third-order valence-electron chi connectivity index (χ3n) is 6.95. The summed E-state index contributed by atoms with van der Waals surface area (Å²) < 4.78 is 38.7. The van der Waals surface area contributed by atoms with Gasteiger partial charge in [0.2, 0.25) is 0 Å². The summed E-state index contributed by atoms with van der Waals surface area (Å²) in [5.41, 5.74) is 0.761. The van der Waals surface area contributed by atoms with Crippen molar-refractivity contribution >= 4 is 11.8 Å². The molecule has 33 heavy (non-hydrogen) atoms. The molecule has 0 radical (unpaired) electrons. The van der Waals surface area contributed by atoms with Gasteiger partial charge in [-0.25, -0.2) is 4.98 Å². The van der Waals surface area contributed by atoms with Gasteiger partial charge in [0.25, 0.3) is 11.8 Å². The normalized spacial score (nSPS) is 20.9. The van der Waals surface area contributed by atoms with Gasteiger partial charge in [0.1, 0.15) is 5.69 Å². The zero-order valence-corrected chi connectivity index (χ0v) is 18.6. The molecule has 2 amide bonds. The Morgan fingerprint density at radius 2 is 1.45 bits per heavy atom. The molecule has 4 rings (SSSR count). The van der Waals surface area contributed by atoms with Gasteiger partial charge in [-0.1, -0.05) is 43.9 Å². The largest absolute Gasteiger partial charge is 0.433 e. The predicted octanol–water partition coefficient (Wildman–Crippen LogP) is 6.62. The van der Waals surface area contributed by atoms with E-state index >= 15 is 0 Å². The number of rotatable bonds is 8. The third-order valence-corrected chi connectivity index (χ3v) is 6.95. The second-order valence-corrected chi connectivity index (χ2v) is 9.17. The van der Waals surface area contributed by atoms with Crippen molar-refractivity contribution in [1.82, 2.24) is 9.88 Å². The van der Waals surface area contributed by atoms with Crippen LogP contribution in [0.1, 0.15) is 95.8 Å². The van der Waals surface area contributed by atoms with Gasteiger partial charge in [-0.2, -0.15) is 13.2 Å². The lowest BCUT2D eigenvalue weighted by Gasteiger charge is -2.28. The van der Waals surface area contributed by atoms with Crippen molar-refractivity contribution in [3.8, 4) is 0 Å². The summed E-state index contributed by atoms with van der Waals surface area (Å²) in [5, 5.41) is 0. The number of carbonyl (C=O) groups is 2. The summed E-state index contributed by atoms with van der Waals surface area (Å²) >= 11 is 0. The second-order valence-electron chi connectivity index (χ2n) is 9.17. The third kappa shape index (κ3) is 5.45. The fraction of sp³-hybridized carbons (Fsp3) is 0.500. The SMILES string of the molecule is O=C1c2ccccc2C(=O)N1CCCCCCC1CCC(c2cccc(C(F)(F)F)n2)CC1. The van der Waals surface area contributed by atoms with Gasteiger partial charge in [-0.05, 0) is 62.3 Å². The first kappa shape index (κ1) is 23.5. The summed E-state index contributed by atoms with van der Waals surface area (Å²) in [7, 11) is 0. The number of alkyl halides is 3. The summed E-state index contributed by atoms with van der Waals surface area (Å²) in [6.07, 6.45) is 4.48. The minimum absolute atomic E-state index is 0.114. The lowest BCUT2D eigenvalue weighted by molar-refractivity contribution is -0.141. The molecule has 2 heterocycles. The molecule has 1 aromatic carbocycles. The number of carbonyl (C=O) groups excluding carboxylic acids is 2.